The quantitative estimate of drug-likeness (QED) is 0.724. The standard InChI is InChI=1S/C15H11BrN4O2S/c1-9(21)18-10-6-7-17-13(8-10)23-15-20-19-14(22-15)11-4-2-3-5-12(11)16/h2-8H,1H3,(H,17,18,21). The second-order valence-corrected chi connectivity index (χ2v) is 6.34. The van der Waals surface area contributed by atoms with Crippen molar-refractivity contribution >= 4 is 39.3 Å². The number of hydrogen-bond acceptors (Lipinski definition) is 6. The highest BCUT2D eigenvalue weighted by molar-refractivity contribution is 9.10. The normalized spacial score (nSPS) is 10.5. The molecule has 3 aromatic rings. The van der Waals surface area contributed by atoms with Crippen LogP contribution in [0.5, 0.6) is 0 Å². The third kappa shape index (κ3) is 3.96. The van der Waals surface area contributed by atoms with Gasteiger partial charge >= 0.3 is 0 Å². The number of carbonyl (C=O) groups is 1. The Morgan fingerprint density at radius 1 is 1.26 bits per heavy atom. The first-order valence-electron chi connectivity index (χ1n) is 6.62. The summed E-state index contributed by atoms with van der Waals surface area (Å²) in [5.74, 6) is 0.291. The van der Waals surface area contributed by atoms with Crippen LogP contribution in [-0.2, 0) is 4.79 Å². The lowest BCUT2D eigenvalue weighted by molar-refractivity contribution is -0.114. The number of hydrogen-bond donors (Lipinski definition) is 1. The van der Waals surface area contributed by atoms with Gasteiger partial charge in [0, 0.05) is 23.3 Å². The van der Waals surface area contributed by atoms with Crippen LogP contribution in [0.1, 0.15) is 6.92 Å². The second kappa shape index (κ2) is 6.93. The highest BCUT2D eigenvalue weighted by Gasteiger charge is 2.13. The Morgan fingerprint density at radius 3 is 2.87 bits per heavy atom. The summed E-state index contributed by atoms with van der Waals surface area (Å²) in [5.41, 5.74) is 1.49. The summed E-state index contributed by atoms with van der Waals surface area (Å²) in [6.07, 6.45) is 1.61. The number of rotatable bonds is 4. The van der Waals surface area contributed by atoms with Gasteiger partial charge < -0.3 is 9.73 Å². The fourth-order valence-corrected chi connectivity index (χ4v) is 2.97. The predicted octanol–water partition coefficient (Wildman–Crippen LogP) is 4.00. The minimum atomic E-state index is -0.138. The molecule has 0 aliphatic heterocycles. The van der Waals surface area contributed by atoms with Gasteiger partial charge in [0.1, 0.15) is 5.03 Å². The molecule has 0 spiro atoms. The summed E-state index contributed by atoms with van der Waals surface area (Å²) in [6, 6.07) is 11.1. The fourth-order valence-electron chi connectivity index (χ4n) is 1.83. The van der Waals surface area contributed by atoms with Gasteiger partial charge in [-0.05, 0) is 52.0 Å². The predicted molar refractivity (Wildman–Crippen MR) is 90.1 cm³/mol. The van der Waals surface area contributed by atoms with E-state index in [9.17, 15) is 4.79 Å². The van der Waals surface area contributed by atoms with E-state index in [1.165, 1.54) is 18.7 Å². The maximum Gasteiger partial charge on any atom is 0.283 e. The van der Waals surface area contributed by atoms with Gasteiger partial charge in [0.2, 0.25) is 11.8 Å². The first kappa shape index (κ1) is 15.7. The van der Waals surface area contributed by atoms with Crippen molar-refractivity contribution in [3.8, 4) is 11.5 Å². The van der Waals surface area contributed by atoms with Crippen molar-refractivity contribution < 1.29 is 9.21 Å². The summed E-state index contributed by atoms with van der Waals surface area (Å²) in [6.45, 7) is 1.45. The van der Waals surface area contributed by atoms with Gasteiger partial charge in [-0.1, -0.05) is 12.1 Å². The molecule has 23 heavy (non-hydrogen) atoms. The van der Waals surface area contributed by atoms with Crippen LogP contribution in [0.3, 0.4) is 0 Å². The summed E-state index contributed by atoms with van der Waals surface area (Å²) < 4.78 is 6.54. The third-order valence-electron chi connectivity index (χ3n) is 2.76. The van der Waals surface area contributed by atoms with E-state index in [1.807, 2.05) is 24.3 Å². The van der Waals surface area contributed by atoms with Gasteiger partial charge in [-0.2, -0.15) is 0 Å². The van der Waals surface area contributed by atoms with Crippen molar-refractivity contribution in [2.45, 2.75) is 17.2 Å². The molecule has 1 aromatic carbocycles. The van der Waals surface area contributed by atoms with E-state index in [1.54, 1.807) is 18.3 Å². The molecule has 0 saturated heterocycles. The van der Waals surface area contributed by atoms with Crippen LogP contribution in [0.15, 0.2) is 61.7 Å². The van der Waals surface area contributed by atoms with E-state index >= 15 is 0 Å². The molecule has 2 aromatic heterocycles. The average Bonchev–Trinajstić information content (AvgIpc) is 2.95. The lowest BCUT2D eigenvalue weighted by atomic mass is 10.2. The average molecular weight is 391 g/mol. The molecule has 6 nitrogen and oxygen atoms in total. The number of carbonyl (C=O) groups excluding carboxylic acids is 1. The summed E-state index contributed by atoms with van der Waals surface area (Å²) >= 11 is 4.69. The Hall–Kier alpha value is -2.19. The number of pyridine rings is 1. The summed E-state index contributed by atoms with van der Waals surface area (Å²) in [7, 11) is 0. The molecular formula is C15H11BrN4O2S. The number of nitrogens with one attached hydrogen (secondary N) is 1. The molecule has 0 unspecified atom stereocenters. The molecule has 0 fully saturated rings. The first-order chi connectivity index (χ1) is 11.1. The highest BCUT2D eigenvalue weighted by Crippen LogP contribution is 2.31. The van der Waals surface area contributed by atoms with E-state index in [2.05, 4.69) is 36.4 Å². The van der Waals surface area contributed by atoms with Crippen LogP contribution >= 0.6 is 27.7 Å². The number of amides is 1. The Labute approximate surface area is 144 Å². The van der Waals surface area contributed by atoms with Crippen molar-refractivity contribution in [1.29, 1.82) is 0 Å². The molecule has 8 heteroatoms. The van der Waals surface area contributed by atoms with Gasteiger partial charge in [0.25, 0.3) is 5.22 Å². The second-order valence-electron chi connectivity index (χ2n) is 4.52. The molecule has 2 heterocycles. The van der Waals surface area contributed by atoms with Crippen LogP contribution in [0.4, 0.5) is 5.69 Å². The first-order valence-corrected chi connectivity index (χ1v) is 8.22. The largest absolute Gasteiger partial charge is 0.411 e. The zero-order chi connectivity index (χ0) is 16.2. The van der Waals surface area contributed by atoms with Crippen molar-refractivity contribution in [3.05, 3.63) is 47.1 Å². The van der Waals surface area contributed by atoms with Crippen LogP contribution in [0.2, 0.25) is 0 Å². The number of aromatic nitrogens is 3. The van der Waals surface area contributed by atoms with Crippen molar-refractivity contribution in [1.82, 2.24) is 15.2 Å². The maximum absolute atomic E-state index is 11.1. The maximum atomic E-state index is 11.1. The van der Waals surface area contributed by atoms with Crippen LogP contribution in [-0.4, -0.2) is 21.1 Å². The van der Waals surface area contributed by atoms with Crippen LogP contribution in [0, 0.1) is 0 Å². The number of benzene rings is 1. The lowest BCUT2D eigenvalue weighted by Gasteiger charge is -2.02. The number of nitrogens with zero attached hydrogens (tertiary/aromatic N) is 3. The molecule has 0 bridgehead atoms. The molecule has 0 saturated carbocycles. The number of anilines is 1. The molecule has 0 radical (unpaired) electrons. The SMILES string of the molecule is CC(=O)Nc1ccnc(Sc2nnc(-c3ccccc3Br)o2)c1. The van der Waals surface area contributed by atoms with Gasteiger partial charge in [-0.25, -0.2) is 4.98 Å². The van der Waals surface area contributed by atoms with E-state index in [-0.39, 0.29) is 5.91 Å². The lowest BCUT2D eigenvalue weighted by Crippen LogP contribution is -2.05. The minimum Gasteiger partial charge on any atom is -0.411 e. The van der Waals surface area contributed by atoms with Crippen LogP contribution in [0.25, 0.3) is 11.5 Å². The van der Waals surface area contributed by atoms with Gasteiger partial charge in [0.05, 0.1) is 5.56 Å². The van der Waals surface area contributed by atoms with Crippen molar-refractivity contribution in [2.24, 2.45) is 0 Å². The smallest absolute Gasteiger partial charge is 0.283 e. The van der Waals surface area contributed by atoms with Crippen molar-refractivity contribution in [2.75, 3.05) is 5.32 Å². The molecule has 1 N–H and O–H groups in total. The molecular weight excluding hydrogens is 380 g/mol. The van der Waals surface area contributed by atoms with Gasteiger partial charge in [-0.15, -0.1) is 10.2 Å². The Morgan fingerprint density at radius 2 is 2.09 bits per heavy atom. The Bertz CT molecular complexity index is 853. The summed E-state index contributed by atoms with van der Waals surface area (Å²) in [4.78, 5) is 15.3. The number of halogens is 1. The Kier molecular flexibility index (Phi) is 4.73. The fraction of sp³-hybridized carbons (Fsp3) is 0.0667. The van der Waals surface area contributed by atoms with Crippen molar-refractivity contribution in [3.63, 3.8) is 0 Å². The molecule has 0 atom stereocenters. The van der Waals surface area contributed by atoms with Gasteiger partial charge in [-0.3, -0.25) is 4.79 Å². The zero-order valence-corrected chi connectivity index (χ0v) is 14.4. The van der Waals surface area contributed by atoms with E-state index in [4.69, 9.17) is 4.42 Å². The third-order valence-corrected chi connectivity index (χ3v) is 4.22. The topological polar surface area (TPSA) is 80.9 Å². The minimum absolute atomic E-state index is 0.138. The summed E-state index contributed by atoms with van der Waals surface area (Å²) in [5, 5.41) is 11.8. The van der Waals surface area contributed by atoms with E-state index < -0.39 is 0 Å². The zero-order valence-electron chi connectivity index (χ0n) is 12.0. The molecule has 3 rings (SSSR count). The Balaban J connectivity index is 1.80. The molecule has 0 aliphatic rings. The van der Waals surface area contributed by atoms with E-state index in [0.29, 0.717) is 21.8 Å². The highest BCUT2D eigenvalue weighted by atomic mass is 79.9. The van der Waals surface area contributed by atoms with Crippen LogP contribution < -0.4 is 5.32 Å². The molecule has 0 aliphatic carbocycles. The van der Waals surface area contributed by atoms with Gasteiger partial charge in [0.15, 0.2) is 0 Å². The van der Waals surface area contributed by atoms with E-state index in [0.717, 1.165) is 10.0 Å². The molecule has 116 valence electrons. The monoisotopic (exact) mass is 390 g/mol. The molecule has 1 amide bonds.